The first kappa shape index (κ1) is 9.21. The van der Waals surface area contributed by atoms with E-state index in [1.54, 1.807) is 0 Å². The molecule has 0 saturated carbocycles. The predicted octanol–water partition coefficient (Wildman–Crippen LogP) is 0.303. The molecule has 0 aliphatic rings. The molecule has 1 aromatic heterocycles. The second kappa shape index (κ2) is 4.22. The van der Waals surface area contributed by atoms with Crippen LogP contribution in [0.1, 0.15) is 13.3 Å². The van der Waals surface area contributed by atoms with Crippen LogP contribution in [0.4, 0.5) is 11.1 Å². The summed E-state index contributed by atoms with van der Waals surface area (Å²) in [6, 6.07) is 0.197. The maximum atomic E-state index is 8.62. The van der Waals surface area contributed by atoms with E-state index in [0.29, 0.717) is 17.5 Å². The molecule has 0 aliphatic heterocycles. The highest BCUT2D eigenvalue weighted by Gasteiger charge is 2.04. The fourth-order valence-electron chi connectivity index (χ4n) is 0.770. The topological polar surface area (TPSA) is 84.1 Å². The zero-order valence-corrected chi connectivity index (χ0v) is 7.64. The van der Waals surface area contributed by atoms with Crippen molar-refractivity contribution in [2.45, 2.75) is 19.4 Å². The first-order valence-corrected chi connectivity index (χ1v) is 4.46. The van der Waals surface area contributed by atoms with E-state index in [1.165, 1.54) is 11.5 Å². The second-order valence-electron chi connectivity index (χ2n) is 2.52. The van der Waals surface area contributed by atoms with Gasteiger partial charge in [0.05, 0.1) is 0 Å². The van der Waals surface area contributed by atoms with Crippen LogP contribution in [0.5, 0.6) is 0 Å². The van der Waals surface area contributed by atoms with Crippen LogP contribution < -0.4 is 11.1 Å². The number of nitrogens with one attached hydrogen (secondary N) is 1. The average Bonchev–Trinajstić information content (AvgIpc) is 2.36. The first-order chi connectivity index (χ1) is 5.72. The smallest absolute Gasteiger partial charge is 0.233 e. The summed E-state index contributed by atoms with van der Waals surface area (Å²) in [4.78, 5) is 3.93. The summed E-state index contributed by atoms with van der Waals surface area (Å²) in [7, 11) is 0. The molecule has 0 aromatic carbocycles. The highest BCUT2D eigenvalue weighted by molar-refractivity contribution is 7.09. The van der Waals surface area contributed by atoms with Crippen LogP contribution in [-0.4, -0.2) is 27.1 Å². The van der Waals surface area contributed by atoms with Gasteiger partial charge < -0.3 is 16.2 Å². The molecule has 5 nitrogen and oxygen atoms in total. The van der Waals surface area contributed by atoms with Gasteiger partial charge in [-0.05, 0) is 13.3 Å². The third kappa shape index (κ3) is 2.63. The van der Waals surface area contributed by atoms with Crippen molar-refractivity contribution in [3.05, 3.63) is 0 Å². The zero-order chi connectivity index (χ0) is 8.97. The van der Waals surface area contributed by atoms with Gasteiger partial charge in [-0.3, -0.25) is 0 Å². The minimum atomic E-state index is 0.169. The highest BCUT2D eigenvalue weighted by atomic mass is 32.1. The fraction of sp³-hybridized carbons (Fsp3) is 0.667. The maximum absolute atomic E-state index is 8.62. The van der Waals surface area contributed by atoms with E-state index in [4.69, 9.17) is 10.8 Å². The van der Waals surface area contributed by atoms with E-state index in [0.717, 1.165) is 0 Å². The average molecular weight is 188 g/mol. The van der Waals surface area contributed by atoms with Gasteiger partial charge in [0.25, 0.3) is 0 Å². The monoisotopic (exact) mass is 188 g/mol. The Morgan fingerprint density at radius 1 is 1.75 bits per heavy atom. The van der Waals surface area contributed by atoms with Crippen molar-refractivity contribution < 1.29 is 5.11 Å². The molecular weight excluding hydrogens is 176 g/mol. The summed E-state index contributed by atoms with van der Waals surface area (Å²) in [5.74, 6) is 0.290. The van der Waals surface area contributed by atoms with Gasteiger partial charge >= 0.3 is 0 Å². The van der Waals surface area contributed by atoms with E-state index in [-0.39, 0.29) is 12.6 Å². The Labute approximate surface area is 74.8 Å². The molecule has 1 unspecified atom stereocenters. The minimum Gasteiger partial charge on any atom is -0.396 e. The van der Waals surface area contributed by atoms with Crippen molar-refractivity contribution in [3.8, 4) is 0 Å². The number of nitrogens with two attached hydrogens (primary N) is 1. The molecule has 68 valence electrons. The van der Waals surface area contributed by atoms with E-state index in [1.807, 2.05) is 6.92 Å². The lowest BCUT2D eigenvalue weighted by atomic mass is 10.2. The largest absolute Gasteiger partial charge is 0.396 e. The molecule has 0 saturated heterocycles. The van der Waals surface area contributed by atoms with Crippen molar-refractivity contribution in [2.24, 2.45) is 0 Å². The standard InChI is InChI=1S/C6H12N4OS/c1-4(2-3-11)8-6-9-5(7)10-12-6/h4,11H,2-3H2,1H3,(H3,7,8,9,10). The van der Waals surface area contributed by atoms with Gasteiger partial charge in [-0.1, -0.05) is 0 Å². The number of aromatic nitrogens is 2. The molecule has 6 heteroatoms. The number of rotatable bonds is 4. The van der Waals surface area contributed by atoms with Gasteiger partial charge in [-0.2, -0.15) is 9.36 Å². The third-order valence-corrected chi connectivity index (χ3v) is 2.03. The van der Waals surface area contributed by atoms with Gasteiger partial charge in [0.1, 0.15) is 0 Å². The van der Waals surface area contributed by atoms with E-state index >= 15 is 0 Å². The van der Waals surface area contributed by atoms with Crippen molar-refractivity contribution >= 4 is 22.6 Å². The highest BCUT2D eigenvalue weighted by Crippen LogP contribution is 2.13. The van der Waals surface area contributed by atoms with Gasteiger partial charge in [0, 0.05) is 24.2 Å². The number of anilines is 2. The van der Waals surface area contributed by atoms with Crippen LogP contribution in [0.3, 0.4) is 0 Å². The number of hydrogen-bond donors (Lipinski definition) is 3. The van der Waals surface area contributed by atoms with Gasteiger partial charge in [0.2, 0.25) is 11.1 Å². The second-order valence-corrected chi connectivity index (χ2v) is 3.27. The van der Waals surface area contributed by atoms with Crippen LogP contribution in [0.15, 0.2) is 0 Å². The molecule has 0 radical (unpaired) electrons. The molecule has 0 fully saturated rings. The van der Waals surface area contributed by atoms with Crippen molar-refractivity contribution in [1.82, 2.24) is 9.36 Å². The Kier molecular flexibility index (Phi) is 3.24. The number of nitrogen functional groups attached to an aromatic ring is 1. The summed E-state index contributed by atoms with van der Waals surface area (Å²) in [5.41, 5.74) is 5.33. The predicted molar refractivity (Wildman–Crippen MR) is 49.1 cm³/mol. The molecule has 1 rings (SSSR count). The van der Waals surface area contributed by atoms with E-state index in [2.05, 4.69) is 14.7 Å². The molecule has 0 bridgehead atoms. The van der Waals surface area contributed by atoms with Crippen molar-refractivity contribution in [3.63, 3.8) is 0 Å². The summed E-state index contributed by atoms with van der Waals surface area (Å²) in [6.45, 7) is 2.14. The molecular formula is C6H12N4OS. The Balaban J connectivity index is 2.41. The summed E-state index contributed by atoms with van der Waals surface area (Å²) < 4.78 is 3.81. The Morgan fingerprint density at radius 3 is 3.00 bits per heavy atom. The van der Waals surface area contributed by atoms with Crippen LogP contribution in [0, 0.1) is 0 Å². The lowest BCUT2D eigenvalue weighted by Crippen LogP contribution is -2.16. The first-order valence-electron chi connectivity index (χ1n) is 3.69. The lowest BCUT2D eigenvalue weighted by Gasteiger charge is -2.09. The number of nitrogens with zero attached hydrogens (tertiary/aromatic N) is 2. The Morgan fingerprint density at radius 2 is 2.50 bits per heavy atom. The fourth-order valence-corrected chi connectivity index (χ4v) is 1.38. The SMILES string of the molecule is CC(CCO)Nc1nc(N)ns1. The molecule has 0 amide bonds. The summed E-state index contributed by atoms with van der Waals surface area (Å²) >= 11 is 1.22. The maximum Gasteiger partial charge on any atom is 0.233 e. The Bertz CT molecular complexity index is 239. The normalized spacial score (nSPS) is 12.8. The molecule has 4 N–H and O–H groups in total. The molecule has 1 heterocycles. The number of aliphatic hydroxyl groups excluding tert-OH is 1. The lowest BCUT2D eigenvalue weighted by molar-refractivity contribution is 0.282. The molecule has 1 aromatic rings. The van der Waals surface area contributed by atoms with Crippen LogP contribution in [0.2, 0.25) is 0 Å². The summed E-state index contributed by atoms with van der Waals surface area (Å²) in [6.07, 6.45) is 0.694. The Hall–Kier alpha value is -0.880. The third-order valence-electron chi connectivity index (χ3n) is 1.37. The summed E-state index contributed by atoms with van der Waals surface area (Å²) in [5, 5.41) is 12.4. The molecule has 0 spiro atoms. The minimum absolute atomic E-state index is 0.169. The van der Waals surface area contributed by atoms with Gasteiger partial charge in [-0.25, -0.2) is 0 Å². The molecule has 0 aliphatic carbocycles. The van der Waals surface area contributed by atoms with Crippen LogP contribution in [0.25, 0.3) is 0 Å². The van der Waals surface area contributed by atoms with Crippen molar-refractivity contribution in [1.29, 1.82) is 0 Å². The van der Waals surface area contributed by atoms with Crippen LogP contribution in [-0.2, 0) is 0 Å². The number of hydrogen-bond acceptors (Lipinski definition) is 6. The zero-order valence-electron chi connectivity index (χ0n) is 6.82. The van der Waals surface area contributed by atoms with Gasteiger partial charge in [-0.15, -0.1) is 0 Å². The van der Waals surface area contributed by atoms with Gasteiger partial charge in [0.15, 0.2) is 0 Å². The quantitative estimate of drug-likeness (QED) is 0.633. The van der Waals surface area contributed by atoms with E-state index < -0.39 is 0 Å². The van der Waals surface area contributed by atoms with E-state index in [9.17, 15) is 0 Å². The molecule has 1 atom stereocenters. The van der Waals surface area contributed by atoms with Crippen LogP contribution >= 0.6 is 11.5 Å². The van der Waals surface area contributed by atoms with Crippen molar-refractivity contribution in [2.75, 3.05) is 17.7 Å². The molecule has 12 heavy (non-hydrogen) atoms. The number of aliphatic hydroxyl groups is 1.